The van der Waals surface area contributed by atoms with Crippen molar-refractivity contribution in [2.75, 3.05) is 18.4 Å². The normalized spacial score (nSPS) is 21.2. The summed E-state index contributed by atoms with van der Waals surface area (Å²) in [7, 11) is 0. The molecule has 1 aromatic carbocycles. The minimum Gasteiger partial charge on any atom is -0.350 e. The third-order valence-electron chi connectivity index (χ3n) is 3.91. The van der Waals surface area contributed by atoms with Crippen LogP contribution in [-0.2, 0) is 11.2 Å². The number of nitrogens with one attached hydrogen (secondary N) is 3. The van der Waals surface area contributed by atoms with E-state index in [9.17, 15) is 9.59 Å². The molecule has 0 spiro atoms. The summed E-state index contributed by atoms with van der Waals surface area (Å²) in [6, 6.07) is 5.74. The number of carbonyl (C=O) groups is 2. The monoisotopic (exact) mass is 273 g/mol. The zero-order chi connectivity index (χ0) is 13.9. The molecule has 1 saturated heterocycles. The largest absolute Gasteiger partial charge is 0.350 e. The fraction of sp³-hybridized carbons (Fsp3) is 0.467. The molecule has 1 fully saturated rings. The topological polar surface area (TPSA) is 70.2 Å². The molecular weight excluding hydrogens is 254 g/mol. The molecule has 106 valence electrons. The van der Waals surface area contributed by atoms with Gasteiger partial charge in [-0.15, -0.1) is 0 Å². The molecule has 1 atom stereocenters. The first-order valence-electron chi connectivity index (χ1n) is 7.17. The van der Waals surface area contributed by atoms with Crippen LogP contribution in [0.4, 0.5) is 5.69 Å². The number of rotatable bonds is 3. The van der Waals surface area contributed by atoms with Crippen LogP contribution in [0.3, 0.4) is 0 Å². The molecule has 2 amide bonds. The first-order valence-corrected chi connectivity index (χ1v) is 7.17. The maximum Gasteiger partial charge on any atom is 0.251 e. The third-order valence-corrected chi connectivity index (χ3v) is 3.91. The van der Waals surface area contributed by atoms with E-state index in [0.29, 0.717) is 24.6 Å². The summed E-state index contributed by atoms with van der Waals surface area (Å²) in [6.45, 7) is 1.69. The standard InChI is InChI=1S/C15H19N3O2/c19-14-8-11-7-10(4-5-13(11)18-14)15(20)17-9-12-3-1-2-6-16-12/h4-5,7,12,16H,1-3,6,8-9H2,(H,17,20)(H,18,19). The van der Waals surface area contributed by atoms with Crippen molar-refractivity contribution in [1.29, 1.82) is 0 Å². The lowest BCUT2D eigenvalue weighted by atomic mass is 10.0. The first-order chi connectivity index (χ1) is 9.72. The molecule has 2 aliphatic rings. The van der Waals surface area contributed by atoms with Crippen molar-refractivity contribution in [3.8, 4) is 0 Å². The second-order valence-corrected chi connectivity index (χ2v) is 5.45. The molecule has 1 aromatic rings. The molecular formula is C15H19N3O2. The summed E-state index contributed by atoms with van der Waals surface area (Å²) in [4.78, 5) is 23.4. The highest BCUT2D eigenvalue weighted by Crippen LogP contribution is 2.23. The summed E-state index contributed by atoms with van der Waals surface area (Å²) < 4.78 is 0. The van der Waals surface area contributed by atoms with Gasteiger partial charge < -0.3 is 16.0 Å². The van der Waals surface area contributed by atoms with Crippen LogP contribution in [0.15, 0.2) is 18.2 Å². The fourth-order valence-electron chi connectivity index (χ4n) is 2.79. The van der Waals surface area contributed by atoms with Gasteiger partial charge in [0.25, 0.3) is 5.91 Å². The van der Waals surface area contributed by atoms with Gasteiger partial charge >= 0.3 is 0 Å². The Morgan fingerprint density at radius 3 is 3.05 bits per heavy atom. The highest BCUT2D eigenvalue weighted by molar-refractivity contribution is 6.01. The van der Waals surface area contributed by atoms with E-state index in [1.165, 1.54) is 12.8 Å². The first kappa shape index (κ1) is 13.1. The van der Waals surface area contributed by atoms with E-state index in [1.807, 2.05) is 0 Å². The van der Waals surface area contributed by atoms with E-state index < -0.39 is 0 Å². The van der Waals surface area contributed by atoms with Gasteiger partial charge in [0.2, 0.25) is 5.91 Å². The zero-order valence-corrected chi connectivity index (χ0v) is 11.4. The van der Waals surface area contributed by atoms with Gasteiger partial charge in [0, 0.05) is 23.8 Å². The van der Waals surface area contributed by atoms with Crippen molar-refractivity contribution < 1.29 is 9.59 Å². The van der Waals surface area contributed by atoms with E-state index in [1.54, 1.807) is 18.2 Å². The predicted octanol–water partition coefficient (Wildman–Crippen LogP) is 1.05. The third kappa shape index (κ3) is 2.82. The van der Waals surface area contributed by atoms with Crippen molar-refractivity contribution in [3.05, 3.63) is 29.3 Å². The SMILES string of the molecule is O=C1Cc2cc(C(=O)NCC3CCCCN3)ccc2N1. The van der Waals surface area contributed by atoms with Crippen LogP contribution in [0.25, 0.3) is 0 Å². The van der Waals surface area contributed by atoms with E-state index in [0.717, 1.165) is 24.2 Å². The number of hydrogen-bond donors (Lipinski definition) is 3. The summed E-state index contributed by atoms with van der Waals surface area (Å²) in [5, 5.41) is 9.13. The van der Waals surface area contributed by atoms with Crippen LogP contribution in [0, 0.1) is 0 Å². The van der Waals surface area contributed by atoms with Crippen LogP contribution in [0.2, 0.25) is 0 Å². The number of fused-ring (bicyclic) bond motifs is 1. The Balaban J connectivity index is 1.60. The number of carbonyl (C=O) groups excluding carboxylic acids is 2. The maximum atomic E-state index is 12.1. The lowest BCUT2D eigenvalue weighted by Gasteiger charge is -2.23. The Morgan fingerprint density at radius 2 is 2.25 bits per heavy atom. The molecule has 2 aliphatic heterocycles. The van der Waals surface area contributed by atoms with Gasteiger partial charge in [0.15, 0.2) is 0 Å². The number of anilines is 1. The Bertz CT molecular complexity index is 536. The van der Waals surface area contributed by atoms with Crippen molar-refractivity contribution in [1.82, 2.24) is 10.6 Å². The Morgan fingerprint density at radius 1 is 1.35 bits per heavy atom. The number of piperidine rings is 1. The van der Waals surface area contributed by atoms with Gasteiger partial charge in [-0.1, -0.05) is 6.42 Å². The van der Waals surface area contributed by atoms with E-state index in [4.69, 9.17) is 0 Å². The summed E-state index contributed by atoms with van der Waals surface area (Å²) in [5.41, 5.74) is 2.34. The highest BCUT2D eigenvalue weighted by Gasteiger charge is 2.19. The second-order valence-electron chi connectivity index (χ2n) is 5.45. The van der Waals surface area contributed by atoms with Gasteiger partial charge in [-0.3, -0.25) is 9.59 Å². The van der Waals surface area contributed by atoms with Crippen molar-refractivity contribution in [2.45, 2.75) is 31.7 Å². The van der Waals surface area contributed by atoms with Crippen LogP contribution >= 0.6 is 0 Å². The van der Waals surface area contributed by atoms with Crippen LogP contribution < -0.4 is 16.0 Å². The lowest BCUT2D eigenvalue weighted by molar-refractivity contribution is -0.115. The molecule has 20 heavy (non-hydrogen) atoms. The molecule has 0 aromatic heterocycles. The number of amides is 2. The average Bonchev–Trinajstić information content (AvgIpc) is 2.85. The molecule has 5 nitrogen and oxygen atoms in total. The Kier molecular flexibility index (Phi) is 3.69. The molecule has 0 bridgehead atoms. The minimum absolute atomic E-state index is 0.0102. The molecule has 3 rings (SSSR count). The van der Waals surface area contributed by atoms with Crippen LogP contribution in [-0.4, -0.2) is 30.9 Å². The second kappa shape index (κ2) is 5.63. The van der Waals surface area contributed by atoms with Crippen molar-refractivity contribution in [2.24, 2.45) is 0 Å². The molecule has 0 radical (unpaired) electrons. The summed E-state index contributed by atoms with van der Waals surface area (Å²) >= 11 is 0. The zero-order valence-electron chi connectivity index (χ0n) is 11.4. The Labute approximate surface area is 118 Å². The smallest absolute Gasteiger partial charge is 0.251 e. The molecule has 0 saturated carbocycles. The van der Waals surface area contributed by atoms with Gasteiger partial charge in [0.05, 0.1) is 6.42 Å². The quantitative estimate of drug-likeness (QED) is 0.771. The lowest BCUT2D eigenvalue weighted by Crippen LogP contribution is -2.43. The molecule has 3 N–H and O–H groups in total. The van der Waals surface area contributed by atoms with E-state index in [-0.39, 0.29) is 11.8 Å². The highest BCUT2D eigenvalue weighted by atomic mass is 16.2. The van der Waals surface area contributed by atoms with Gasteiger partial charge in [-0.25, -0.2) is 0 Å². The van der Waals surface area contributed by atoms with Gasteiger partial charge in [0.1, 0.15) is 0 Å². The molecule has 5 heteroatoms. The Hall–Kier alpha value is -1.88. The minimum atomic E-state index is -0.0699. The van der Waals surface area contributed by atoms with Crippen molar-refractivity contribution in [3.63, 3.8) is 0 Å². The van der Waals surface area contributed by atoms with Crippen LogP contribution in [0.1, 0.15) is 35.2 Å². The maximum absolute atomic E-state index is 12.1. The van der Waals surface area contributed by atoms with Gasteiger partial charge in [-0.2, -0.15) is 0 Å². The van der Waals surface area contributed by atoms with Gasteiger partial charge in [-0.05, 0) is 43.1 Å². The summed E-state index contributed by atoms with van der Waals surface area (Å²) in [5.74, 6) is -0.0801. The van der Waals surface area contributed by atoms with E-state index in [2.05, 4.69) is 16.0 Å². The number of hydrogen-bond acceptors (Lipinski definition) is 3. The molecule has 0 aliphatic carbocycles. The predicted molar refractivity (Wildman–Crippen MR) is 76.8 cm³/mol. The molecule has 2 heterocycles. The van der Waals surface area contributed by atoms with E-state index >= 15 is 0 Å². The average molecular weight is 273 g/mol. The van der Waals surface area contributed by atoms with Crippen LogP contribution in [0.5, 0.6) is 0 Å². The molecule has 1 unspecified atom stereocenters. The summed E-state index contributed by atoms with van der Waals surface area (Å²) in [6.07, 6.45) is 3.92. The number of benzene rings is 1. The fourth-order valence-corrected chi connectivity index (χ4v) is 2.79. The van der Waals surface area contributed by atoms with Crippen molar-refractivity contribution >= 4 is 17.5 Å².